The quantitative estimate of drug-likeness (QED) is 0.265. The fourth-order valence-electron chi connectivity index (χ4n) is 3.42. The summed E-state index contributed by atoms with van der Waals surface area (Å²) >= 11 is 12.0. The van der Waals surface area contributed by atoms with Gasteiger partial charge in [0.2, 0.25) is 5.82 Å². The van der Waals surface area contributed by atoms with E-state index in [-0.39, 0.29) is 27.9 Å². The number of carbonyl (C=O) groups is 1. The van der Waals surface area contributed by atoms with Gasteiger partial charge in [0.15, 0.2) is 17.8 Å². The Labute approximate surface area is 220 Å². The molecule has 0 unspecified atom stereocenters. The van der Waals surface area contributed by atoms with Gasteiger partial charge in [0.1, 0.15) is 18.0 Å². The number of hydrogen-bond acceptors (Lipinski definition) is 7. The lowest BCUT2D eigenvalue weighted by molar-refractivity contribution is -0.207. The Bertz CT molecular complexity index is 1530. The smallest absolute Gasteiger partial charge is 0.416 e. The van der Waals surface area contributed by atoms with Gasteiger partial charge in [-0.2, -0.15) is 13.2 Å². The number of aromatic nitrogens is 6. The molecule has 1 N–H and O–H groups in total. The molecular weight excluding hydrogens is 559 g/mol. The maximum Gasteiger partial charge on any atom is 0.416 e. The number of benzene rings is 2. The van der Waals surface area contributed by atoms with Gasteiger partial charge in [-0.1, -0.05) is 29.3 Å². The molecule has 4 aromatic rings. The first-order chi connectivity index (χ1) is 17.9. The van der Waals surface area contributed by atoms with E-state index in [2.05, 4.69) is 19.9 Å². The molecule has 0 amide bonds. The SMILES string of the molecule is COC(=O)c1nc(Cn2nc(-c3ccc(Cl)cc3)n(C[C@H](O)C(F)(F)F)c2=O)nn1-c1c(F)cccc1Cl. The highest BCUT2D eigenvalue weighted by Crippen LogP contribution is 2.26. The molecule has 0 spiro atoms. The standard InChI is InChI=1S/C22H16Cl2F4N6O4/c1-38-20(36)19-29-16(30-34(19)17-13(24)3-2-4-14(17)25)10-33-21(37)32(9-15(35)22(26,27)28)18(31-33)11-5-7-12(23)8-6-11/h2-8,15,35H,9-10H2,1H3/t15-/m0/s1. The number of para-hydroxylation sites is 1. The summed E-state index contributed by atoms with van der Waals surface area (Å²) < 4.78 is 60.6. The van der Waals surface area contributed by atoms with Crippen molar-refractivity contribution in [2.45, 2.75) is 25.4 Å². The Kier molecular flexibility index (Phi) is 7.58. The Balaban J connectivity index is 1.81. The minimum Gasteiger partial charge on any atom is -0.463 e. The molecule has 0 aliphatic heterocycles. The number of halogens is 6. The number of ether oxygens (including phenoxy) is 1. The van der Waals surface area contributed by atoms with Crippen LogP contribution < -0.4 is 5.69 Å². The van der Waals surface area contributed by atoms with Crippen molar-refractivity contribution in [3.8, 4) is 17.1 Å². The van der Waals surface area contributed by atoms with E-state index in [1.807, 2.05) is 0 Å². The number of esters is 1. The second kappa shape index (κ2) is 10.6. The van der Waals surface area contributed by atoms with E-state index in [4.69, 9.17) is 23.2 Å². The summed E-state index contributed by atoms with van der Waals surface area (Å²) in [6.07, 6.45) is -7.87. The molecule has 2 aromatic carbocycles. The zero-order chi connectivity index (χ0) is 27.8. The van der Waals surface area contributed by atoms with Crippen LogP contribution in [0.15, 0.2) is 47.3 Å². The Morgan fingerprint density at radius 1 is 1.13 bits per heavy atom. The van der Waals surface area contributed by atoms with E-state index in [1.165, 1.54) is 36.4 Å². The Morgan fingerprint density at radius 2 is 1.82 bits per heavy atom. The first-order valence-electron chi connectivity index (χ1n) is 10.6. The van der Waals surface area contributed by atoms with Crippen LogP contribution in [0.3, 0.4) is 0 Å². The molecule has 0 fully saturated rings. The lowest BCUT2D eigenvalue weighted by Crippen LogP contribution is -2.37. The average molecular weight is 575 g/mol. The van der Waals surface area contributed by atoms with Gasteiger partial charge < -0.3 is 9.84 Å². The predicted molar refractivity (Wildman–Crippen MR) is 126 cm³/mol. The van der Waals surface area contributed by atoms with Crippen LogP contribution in [-0.4, -0.2) is 59.6 Å². The van der Waals surface area contributed by atoms with Gasteiger partial charge in [0.25, 0.3) is 0 Å². The minimum absolute atomic E-state index is 0.112. The second-order valence-electron chi connectivity index (χ2n) is 7.76. The number of alkyl halides is 3. The average Bonchev–Trinajstić information content (AvgIpc) is 3.40. The number of rotatable bonds is 7. The van der Waals surface area contributed by atoms with Crippen molar-refractivity contribution < 1.29 is 32.2 Å². The monoisotopic (exact) mass is 574 g/mol. The van der Waals surface area contributed by atoms with Gasteiger partial charge in [0.05, 0.1) is 18.7 Å². The third-order valence-electron chi connectivity index (χ3n) is 5.22. The van der Waals surface area contributed by atoms with Crippen LogP contribution >= 0.6 is 23.2 Å². The molecule has 38 heavy (non-hydrogen) atoms. The molecule has 2 heterocycles. The molecule has 0 aliphatic carbocycles. The highest BCUT2D eigenvalue weighted by Gasteiger charge is 2.39. The fourth-order valence-corrected chi connectivity index (χ4v) is 3.79. The molecule has 2 aromatic heterocycles. The number of aliphatic hydroxyl groups is 1. The van der Waals surface area contributed by atoms with Gasteiger partial charge in [-0.05, 0) is 36.4 Å². The summed E-state index contributed by atoms with van der Waals surface area (Å²) in [7, 11) is 1.06. The van der Waals surface area contributed by atoms with Gasteiger partial charge in [-0.25, -0.2) is 28.3 Å². The summed E-state index contributed by atoms with van der Waals surface area (Å²) in [6.45, 7) is -1.70. The molecule has 10 nitrogen and oxygen atoms in total. The van der Waals surface area contributed by atoms with Crippen molar-refractivity contribution in [3.63, 3.8) is 0 Å². The predicted octanol–water partition coefficient (Wildman–Crippen LogP) is 3.50. The van der Waals surface area contributed by atoms with Crippen LogP contribution in [0.1, 0.15) is 16.4 Å². The topological polar surface area (TPSA) is 117 Å². The number of methoxy groups -OCH3 is 1. The summed E-state index contributed by atoms with van der Waals surface area (Å²) in [4.78, 5) is 29.4. The van der Waals surface area contributed by atoms with Crippen LogP contribution in [0.4, 0.5) is 17.6 Å². The number of carbonyl (C=O) groups excluding carboxylic acids is 1. The molecule has 0 bridgehead atoms. The van der Waals surface area contributed by atoms with Gasteiger partial charge in [-0.15, -0.1) is 10.2 Å². The highest BCUT2D eigenvalue weighted by molar-refractivity contribution is 6.32. The summed E-state index contributed by atoms with van der Waals surface area (Å²) in [5, 5.41) is 18.0. The molecular formula is C22H16Cl2F4N6O4. The van der Waals surface area contributed by atoms with Crippen molar-refractivity contribution in [2.24, 2.45) is 0 Å². The van der Waals surface area contributed by atoms with Crippen LogP contribution in [0.2, 0.25) is 10.0 Å². The number of nitrogens with zero attached hydrogens (tertiary/aromatic N) is 6. The first-order valence-corrected chi connectivity index (χ1v) is 11.3. The zero-order valence-electron chi connectivity index (χ0n) is 19.2. The molecule has 0 saturated heterocycles. The summed E-state index contributed by atoms with van der Waals surface area (Å²) in [6, 6.07) is 9.47. The molecule has 0 saturated carbocycles. The van der Waals surface area contributed by atoms with Crippen LogP contribution in [-0.2, 0) is 17.8 Å². The van der Waals surface area contributed by atoms with Crippen LogP contribution in [0.25, 0.3) is 17.1 Å². The van der Waals surface area contributed by atoms with Crippen molar-refractivity contribution in [1.82, 2.24) is 29.1 Å². The van der Waals surface area contributed by atoms with E-state index < -0.39 is 48.7 Å². The van der Waals surface area contributed by atoms with Crippen molar-refractivity contribution in [2.75, 3.05) is 7.11 Å². The van der Waals surface area contributed by atoms with Gasteiger partial charge in [-0.3, -0.25) is 4.57 Å². The fraction of sp³-hybridized carbons (Fsp3) is 0.227. The Morgan fingerprint density at radius 3 is 2.42 bits per heavy atom. The van der Waals surface area contributed by atoms with E-state index >= 15 is 0 Å². The van der Waals surface area contributed by atoms with Crippen molar-refractivity contribution >= 4 is 29.2 Å². The Hall–Kier alpha value is -3.75. The molecule has 0 aliphatic rings. The third-order valence-corrected chi connectivity index (χ3v) is 5.78. The first kappa shape index (κ1) is 27.3. The largest absolute Gasteiger partial charge is 0.463 e. The molecule has 200 valence electrons. The van der Waals surface area contributed by atoms with Gasteiger partial charge in [0, 0.05) is 10.6 Å². The van der Waals surface area contributed by atoms with E-state index in [0.29, 0.717) is 9.59 Å². The summed E-state index contributed by atoms with van der Waals surface area (Å²) in [5.74, 6) is -2.77. The minimum atomic E-state index is -5.01. The number of hydrogen-bond donors (Lipinski definition) is 1. The zero-order valence-corrected chi connectivity index (χ0v) is 20.7. The van der Waals surface area contributed by atoms with Crippen molar-refractivity contribution in [3.05, 3.63) is 80.5 Å². The van der Waals surface area contributed by atoms with Crippen LogP contribution in [0, 0.1) is 5.82 Å². The van der Waals surface area contributed by atoms with Crippen molar-refractivity contribution in [1.29, 1.82) is 0 Å². The lowest BCUT2D eigenvalue weighted by atomic mass is 10.2. The highest BCUT2D eigenvalue weighted by atomic mass is 35.5. The maximum atomic E-state index is 14.6. The number of aliphatic hydroxyl groups excluding tert-OH is 1. The normalized spacial score (nSPS) is 12.5. The second-order valence-corrected chi connectivity index (χ2v) is 8.61. The lowest BCUT2D eigenvalue weighted by Gasteiger charge is -2.15. The maximum absolute atomic E-state index is 14.6. The molecule has 16 heteroatoms. The summed E-state index contributed by atoms with van der Waals surface area (Å²) in [5.41, 5.74) is -1.13. The van der Waals surface area contributed by atoms with E-state index in [0.717, 1.165) is 22.5 Å². The molecule has 1 atom stereocenters. The van der Waals surface area contributed by atoms with Gasteiger partial charge >= 0.3 is 17.8 Å². The van der Waals surface area contributed by atoms with E-state index in [1.54, 1.807) is 0 Å². The van der Waals surface area contributed by atoms with E-state index in [9.17, 15) is 32.3 Å². The van der Waals surface area contributed by atoms with Crippen LogP contribution in [0.5, 0.6) is 0 Å². The molecule has 4 rings (SSSR count). The molecule has 0 radical (unpaired) electrons. The third kappa shape index (κ3) is 5.42.